The summed E-state index contributed by atoms with van der Waals surface area (Å²) in [6, 6.07) is 12.6. The predicted molar refractivity (Wildman–Crippen MR) is 106 cm³/mol. The summed E-state index contributed by atoms with van der Waals surface area (Å²) in [6.45, 7) is 0.643. The number of halogens is 1. The summed E-state index contributed by atoms with van der Waals surface area (Å²) in [5, 5.41) is 5.01. The van der Waals surface area contributed by atoms with Gasteiger partial charge in [0.2, 0.25) is 5.91 Å². The summed E-state index contributed by atoms with van der Waals surface area (Å²) >= 11 is 0. The van der Waals surface area contributed by atoms with Crippen molar-refractivity contribution in [2.75, 3.05) is 30.4 Å². The van der Waals surface area contributed by atoms with E-state index >= 15 is 0 Å². The molecule has 29 heavy (non-hydrogen) atoms. The van der Waals surface area contributed by atoms with Crippen LogP contribution in [0.5, 0.6) is 0 Å². The van der Waals surface area contributed by atoms with Crippen molar-refractivity contribution in [1.29, 1.82) is 0 Å². The molecule has 8 heteroatoms. The average Bonchev–Trinajstić information content (AvgIpc) is 3.14. The topological polar surface area (TPSA) is 87.7 Å². The molecule has 2 N–H and O–H groups in total. The van der Waals surface area contributed by atoms with E-state index in [0.29, 0.717) is 29.9 Å². The van der Waals surface area contributed by atoms with E-state index in [-0.39, 0.29) is 12.5 Å². The van der Waals surface area contributed by atoms with Gasteiger partial charge in [-0.15, -0.1) is 0 Å². The Balaban J connectivity index is 1.58. The fraction of sp³-hybridized carbons (Fsp3) is 0.286. The second kappa shape index (κ2) is 9.29. The molecule has 1 atom stereocenters. The molecule has 1 saturated heterocycles. The van der Waals surface area contributed by atoms with E-state index in [1.54, 1.807) is 41.3 Å². The zero-order valence-corrected chi connectivity index (χ0v) is 16.0. The Hall–Kier alpha value is -3.26. The van der Waals surface area contributed by atoms with Gasteiger partial charge >= 0.3 is 11.8 Å². The lowest BCUT2D eigenvalue weighted by Crippen LogP contribution is -2.38. The quantitative estimate of drug-likeness (QED) is 0.731. The summed E-state index contributed by atoms with van der Waals surface area (Å²) in [6.07, 6.45) is 0.710. The Morgan fingerprint density at radius 3 is 2.66 bits per heavy atom. The van der Waals surface area contributed by atoms with Crippen molar-refractivity contribution < 1.29 is 23.5 Å². The highest BCUT2D eigenvalue weighted by Crippen LogP contribution is 2.24. The number of carbonyl (C=O) groups excluding carboxylic acids is 3. The van der Waals surface area contributed by atoms with Gasteiger partial charge in [0, 0.05) is 38.0 Å². The SMILES string of the molecule is CO[C@@H](CNC(=O)C(=O)Nc1cccc(N2CCCC2=O)c1)c1cccc(F)c1. The van der Waals surface area contributed by atoms with Gasteiger partial charge in [0.1, 0.15) is 5.82 Å². The summed E-state index contributed by atoms with van der Waals surface area (Å²) in [4.78, 5) is 37.9. The van der Waals surface area contributed by atoms with Crippen LogP contribution in [0.2, 0.25) is 0 Å². The van der Waals surface area contributed by atoms with Crippen molar-refractivity contribution in [3.63, 3.8) is 0 Å². The number of methoxy groups -OCH3 is 1. The molecule has 0 spiro atoms. The van der Waals surface area contributed by atoms with E-state index in [2.05, 4.69) is 10.6 Å². The minimum Gasteiger partial charge on any atom is -0.375 e. The fourth-order valence-electron chi connectivity index (χ4n) is 3.17. The van der Waals surface area contributed by atoms with Crippen molar-refractivity contribution in [2.45, 2.75) is 18.9 Å². The van der Waals surface area contributed by atoms with Crippen LogP contribution in [-0.4, -0.2) is 37.9 Å². The largest absolute Gasteiger partial charge is 0.375 e. The zero-order valence-electron chi connectivity index (χ0n) is 16.0. The lowest BCUT2D eigenvalue weighted by atomic mass is 10.1. The van der Waals surface area contributed by atoms with Crippen molar-refractivity contribution in [3.05, 3.63) is 59.9 Å². The van der Waals surface area contributed by atoms with Crippen molar-refractivity contribution in [3.8, 4) is 0 Å². The van der Waals surface area contributed by atoms with E-state index in [4.69, 9.17) is 4.74 Å². The number of rotatable bonds is 6. The van der Waals surface area contributed by atoms with E-state index in [0.717, 1.165) is 6.42 Å². The number of hydrogen-bond acceptors (Lipinski definition) is 4. The Bertz CT molecular complexity index is 918. The lowest BCUT2D eigenvalue weighted by molar-refractivity contribution is -0.136. The summed E-state index contributed by atoms with van der Waals surface area (Å²) in [5.74, 6) is -2.06. The van der Waals surface area contributed by atoms with Gasteiger partial charge in [0.05, 0.1) is 6.10 Å². The molecule has 1 aliphatic rings. The monoisotopic (exact) mass is 399 g/mol. The normalized spacial score (nSPS) is 14.6. The van der Waals surface area contributed by atoms with E-state index in [9.17, 15) is 18.8 Å². The third kappa shape index (κ3) is 5.17. The van der Waals surface area contributed by atoms with Crippen molar-refractivity contribution in [1.82, 2.24) is 5.32 Å². The van der Waals surface area contributed by atoms with Gasteiger partial charge in [-0.05, 0) is 42.3 Å². The molecular formula is C21H22FN3O4. The van der Waals surface area contributed by atoms with Gasteiger partial charge in [-0.2, -0.15) is 0 Å². The first-order valence-electron chi connectivity index (χ1n) is 9.26. The maximum Gasteiger partial charge on any atom is 0.313 e. The first kappa shape index (κ1) is 20.5. The van der Waals surface area contributed by atoms with Crippen molar-refractivity contribution in [2.24, 2.45) is 0 Å². The van der Waals surface area contributed by atoms with Gasteiger partial charge in [0.15, 0.2) is 0 Å². The molecule has 0 bridgehead atoms. The maximum atomic E-state index is 13.4. The van der Waals surface area contributed by atoms with Crippen LogP contribution in [0, 0.1) is 5.82 Å². The molecule has 152 valence electrons. The number of benzene rings is 2. The van der Waals surface area contributed by atoms with E-state index in [1.807, 2.05) is 0 Å². The average molecular weight is 399 g/mol. The molecule has 1 fully saturated rings. The lowest BCUT2D eigenvalue weighted by Gasteiger charge is -2.17. The summed E-state index contributed by atoms with van der Waals surface area (Å²) in [7, 11) is 1.44. The van der Waals surface area contributed by atoms with Crippen LogP contribution in [0.4, 0.5) is 15.8 Å². The van der Waals surface area contributed by atoms with Crippen LogP contribution in [0.25, 0.3) is 0 Å². The molecular weight excluding hydrogens is 377 g/mol. The molecule has 0 radical (unpaired) electrons. The Labute approximate surface area is 167 Å². The highest BCUT2D eigenvalue weighted by Gasteiger charge is 2.22. The second-order valence-electron chi connectivity index (χ2n) is 6.64. The molecule has 7 nitrogen and oxygen atoms in total. The van der Waals surface area contributed by atoms with Crippen molar-refractivity contribution >= 4 is 29.1 Å². The molecule has 1 heterocycles. The van der Waals surface area contributed by atoms with Gasteiger partial charge in [-0.3, -0.25) is 14.4 Å². The van der Waals surface area contributed by atoms with E-state index in [1.165, 1.54) is 19.2 Å². The number of nitrogens with zero attached hydrogens (tertiary/aromatic N) is 1. The number of nitrogens with one attached hydrogen (secondary N) is 2. The molecule has 3 amide bonds. The minimum atomic E-state index is -0.844. The number of anilines is 2. The highest BCUT2D eigenvalue weighted by molar-refractivity contribution is 6.39. The third-order valence-corrected chi connectivity index (χ3v) is 4.65. The number of hydrogen-bond donors (Lipinski definition) is 2. The highest BCUT2D eigenvalue weighted by atomic mass is 19.1. The molecule has 0 aliphatic carbocycles. The van der Waals surface area contributed by atoms with Crippen LogP contribution in [-0.2, 0) is 19.1 Å². The zero-order chi connectivity index (χ0) is 20.8. The maximum absolute atomic E-state index is 13.4. The molecule has 1 aliphatic heterocycles. The molecule has 0 aromatic heterocycles. The van der Waals surface area contributed by atoms with Crippen LogP contribution in [0.1, 0.15) is 24.5 Å². The molecule has 2 aromatic carbocycles. The summed E-state index contributed by atoms with van der Waals surface area (Å²) in [5.41, 5.74) is 1.64. The van der Waals surface area contributed by atoms with Crippen LogP contribution < -0.4 is 15.5 Å². The van der Waals surface area contributed by atoms with Crippen LogP contribution in [0.3, 0.4) is 0 Å². The standard InChI is InChI=1S/C21H22FN3O4/c1-29-18(14-5-2-6-15(22)11-14)13-23-20(27)21(28)24-16-7-3-8-17(12-16)25-10-4-9-19(25)26/h2-3,5-8,11-12,18H,4,9-10,13H2,1H3,(H,23,27)(H,24,28)/t18-/m0/s1. The van der Waals surface area contributed by atoms with Gasteiger partial charge in [-0.25, -0.2) is 4.39 Å². The van der Waals surface area contributed by atoms with E-state index < -0.39 is 23.7 Å². The van der Waals surface area contributed by atoms with Gasteiger partial charge in [-0.1, -0.05) is 18.2 Å². The first-order chi connectivity index (χ1) is 14.0. The Morgan fingerprint density at radius 2 is 1.97 bits per heavy atom. The first-order valence-corrected chi connectivity index (χ1v) is 9.26. The Kier molecular flexibility index (Phi) is 6.56. The fourth-order valence-corrected chi connectivity index (χ4v) is 3.17. The van der Waals surface area contributed by atoms with Crippen LogP contribution in [0.15, 0.2) is 48.5 Å². The molecule has 0 saturated carbocycles. The number of amides is 3. The second-order valence-corrected chi connectivity index (χ2v) is 6.64. The third-order valence-electron chi connectivity index (χ3n) is 4.65. The van der Waals surface area contributed by atoms with Crippen LogP contribution >= 0.6 is 0 Å². The van der Waals surface area contributed by atoms with Gasteiger partial charge < -0.3 is 20.3 Å². The summed E-state index contributed by atoms with van der Waals surface area (Å²) < 4.78 is 18.6. The number of ether oxygens (including phenoxy) is 1. The molecule has 2 aromatic rings. The minimum absolute atomic E-state index is 0.00846. The predicted octanol–water partition coefficient (Wildman–Crippen LogP) is 2.39. The number of carbonyl (C=O) groups is 3. The van der Waals surface area contributed by atoms with Gasteiger partial charge in [0.25, 0.3) is 0 Å². The smallest absolute Gasteiger partial charge is 0.313 e. The Morgan fingerprint density at radius 1 is 1.17 bits per heavy atom. The molecule has 3 rings (SSSR count). The molecule has 0 unspecified atom stereocenters.